The zero-order valence-electron chi connectivity index (χ0n) is 9.75. The molecule has 1 aliphatic rings. The van der Waals surface area contributed by atoms with E-state index >= 15 is 0 Å². The zero-order chi connectivity index (χ0) is 11.7. The molecule has 0 unspecified atom stereocenters. The van der Waals surface area contributed by atoms with Crippen LogP contribution >= 0.6 is 11.3 Å². The fourth-order valence-corrected chi connectivity index (χ4v) is 2.57. The van der Waals surface area contributed by atoms with Gasteiger partial charge in [-0.1, -0.05) is 13.8 Å². The largest absolute Gasteiger partial charge is 0.390 e. The number of carbonyl (C=O) groups is 1. The minimum Gasteiger partial charge on any atom is -0.390 e. The maximum absolute atomic E-state index is 12.0. The van der Waals surface area contributed by atoms with Crippen LogP contribution in [0.25, 0.3) is 0 Å². The number of hydrogen-bond acceptors (Lipinski definition) is 3. The molecule has 0 spiro atoms. The molecule has 3 N–H and O–H groups in total. The van der Waals surface area contributed by atoms with Gasteiger partial charge >= 0.3 is 0 Å². The summed E-state index contributed by atoms with van der Waals surface area (Å²) in [6, 6.07) is 0.388. The second-order valence-electron chi connectivity index (χ2n) is 4.85. The van der Waals surface area contributed by atoms with E-state index < -0.39 is 0 Å². The molecule has 1 amide bonds. The third-order valence-electron chi connectivity index (χ3n) is 2.66. The van der Waals surface area contributed by atoms with Crippen LogP contribution in [0.1, 0.15) is 42.6 Å². The van der Waals surface area contributed by atoms with Crippen LogP contribution in [0, 0.1) is 5.92 Å². The smallest absolute Gasteiger partial charge is 0.254 e. The minimum atomic E-state index is 0.0110. The Morgan fingerprint density at radius 2 is 2.31 bits per heavy atom. The van der Waals surface area contributed by atoms with E-state index in [2.05, 4.69) is 19.2 Å². The Hall–Kier alpha value is -1.03. The molecule has 88 valence electrons. The molecule has 0 bridgehead atoms. The molecule has 0 atom stereocenters. The molecule has 1 fully saturated rings. The Morgan fingerprint density at radius 1 is 1.62 bits per heavy atom. The van der Waals surface area contributed by atoms with Gasteiger partial charge in [-0.3, -0.25) is 4.79 Å². The molecule has 0 aliphatic heterocycles. The van der Waals surface area contributed by atoms with Crippen LogP contribution in [0.3, 0.4) is 0 Å². The van der Waals surface area contributed by atoms with Gasteiger partial charge in [-0.15, -0.1) is 11.3 Å². The predicted octanol–water partition coefficient (Wildman–Crippen LogP) is 2.42. The summed E-state index contributed by atoms with van der Waals surface area (Å²) in [5, 5.41) is 5.66. The van der Waals surface area contributed by atoms with E-state index in [-0.39, 0.29) is 5.91 Å². The van der Waals surface area contributed by atoms with E-state index in [0.29, 0.717) is 22.5 Å². The first-order valence-corrected chi connectivity index (χ1v) is 6.62. The predicted molar refractivity (Wildman–Crippen MR) is 67.8 cm³/mol. The topological polar surface area (TPSA) is 55.1 Å². The molecule has 16 heavy (non-hydrogen) atoms. The van der Waals surface area contributed by atoms with Crippen molar-refractivity contribution in [1.29, 1.82) is 0 Å². The average molecular weight is 238 g/mol. The molecule has 3 nitrogen and oxygen atoms in total. The summed E-state index contributed by atoms with van der Waals surface area (Å²) in [7, 11) is 0. The summed E-state index contributed by atoms with van der Waals surface area (Å²) in [5.74, 6) is 0.554. The number of thiophene rings is 1. The molecule has 0 aromatic carbocycles. The van der Waals surface area contributed by atoms with Gasteiger partial charge in [0.2, 0.25) is 0 Å². The summed E-state index contributed by atoms with van der Waals surface area (Å²) in [6.45, 7) is 4.30. The van der Waals surface area contributed by atoms with Crippen molar-refractivity contribution >= 4 is 22.2 Å². The highest BCUT2D eigenvalue weighted by Crippen LogP contribution is 2.28. The van der Waals surface area contributed by atoms with Gasteiger partial charge in [0.05, 0.1) is 10.6 Å². The van der Waals surface area contributed by atoms with Gasteiger partial charge in [-0.25, -0.2) is 0 Å². The number of nitrogens with two attached hydrogens (primary N) is 1. The first-order valence-electron chi connectivity index (χ1n) is 5.74. The van der Waals surface area contributed by atoms with Crippen LogP contribution in [0.4, 0.5) is 5.00 Å². The van der Waals surface area contributed by atoms with Crippen LogP contribution in [-0.2, 0) is 6.42 Å². The van der Waals surface area contributed by atoms with Crippen molar-refractivity contribution in [1.82, 2.24) is 5.32 Å². The molecule has 0 radical (unpaired) electrons. The molecular formula is C12H18N2OS. The summed E-state index contributed by atoms with van der Waals surface area (Å²) in [6.07, 6.45) is 3.13. The van der Waals surface area contributed by atoms with Crippen molar-refractivity contribution in [2.45, 2.75) is 39.2 Å². The Labute approximate surface area is 100 Å². The molecule has 2 rings (SSSR count). The molecule has 1 aromatic rings. The van der Waals surface area contributed by atoms with E-state index in [1.54, 1.807) is 0 Å². The molecule has 1 aliphatic carbocycles. The van der Waals surface area contributed by atoms with Gasteiger partial charge in [0.25, 0.3) is 5.91 Å². The van der Waals surface area contributed by atoms with E-state index in [1.165, 1.54) is 11.3 Å². The zero-order valence-corrected chi connectivity index (χ0v) is 10.6. The van der Waals surface area contributed by atoms with Gasteiger partial charge in [0.1, 0.15) is 0 Å². The normalized spacial score (nSPS) is 15.4. The van der Waals surface area contributed by atoms with Crippen molar-refractivity contribution in [2.75, 3.05) is 5.73 Å². The highest BCUT2D eigenvalue weighted by molar-refractivity contribution is 7.14. The monoisotopic (exact) mass is 238 g/mol. The lowest BCUT2D eigenvalue weighted by Crippen LogP contribution is -2.26. The third kappa shape index (κ3) is 2.55. The third-order valence-corrected chi connectivity index (χ3v) is 3.52. The van der Waals surface area contributed by atoms with E-state index in [0.717, 1.165) is 24.8 Å². The standard InChI is InChI=1S/C12H18N2OS/c1-7(2)5-8-6-16-11(13)10(8)12(15)14-9-3-4-9/h6-7,9H,3-5,13H2,1-2H3,(H,14,15). The van der Waals surface area contributed by atoms with Crippen LogP contribution in [0.15, 0.2) is 5.38 Å². The summed E-state index contributed by atoms with van der Waals surface area (Å²) in [5.41, 5.74) is 7.68. The van der Waals surface area contributed by atoms with Crippen LogP contribution in [0.5, 0.6) is 0 Å². The van der Waals surface area contributed by atoms with Gasteiger partial charge < -0.3 is 11.1 Å². The summed E-state index contributed by atoms with van der Waals surface area (Å²) in [4.78, 5) is 12.0. The number of anilines is 1. The Bertz CT molecular complexity index is 394. The fourth-order valence-electron chi connectivity index (χ4n) is 1.74. The Kier molecular flexibility index (Phi) is 3.19. The van der Waals surface area contributed by atoms with Gasteiger partial charge in [0.15, 0.2) is 0 Å². The Morgan fingerprint density at radius 3 is 2.88 bits per heavy atom. The van der Waals surface area contributed by atoms with E-state index in [1.807, 2.05) is 5.38 Å². The first-order chi connectivity index (χ1) is 7.58. The van der Waals surface area contributed by atoms with Gasteiger partial charge in [-0.05, 0) is 36.1 Å². The molecular weight excluding hydrogens is 220 g/mol. The van der Waals surface area contributed by atoms with Crippen molar-refractivity contribution in [3.63, 3.8) is 0 Å². The molecule has 1 heterocycles. The van der Waals surface area contributed by atoms with Crippen molar-refractivity contribution in [3.05, 3.63) is 16.5 Å². The van der Waals surface area contributed by atoms with Crippen molar-refractivity contribution in [2.24, 2.45) is 5.92 Å². The summed E-state index contributed by atoms with van der Waals surface area (Å²) < 4.78 is 0. The molecule has 0 saturated heterocycles. The Balaban J connectivity index is 2.16. The number of rotatable bonds is 4. The highest BCUT2D eigenvalue weighted by atomic mass is 32.1. The molecule has 4 heteroatoms. The lowest BCUT2D eigenvalue weighted by molar-refractivity contribution is 0.0951. The van der Waals surface area contributed by atoms with Gasteiger partial charge in [-0.2, -0.15) is 0 Å². The molecule has 1 saturated carbocycles. The van der Waals surface area contributed by atoms with Crippen molar-refractivity contribution in [3.8, 4) is 0 Å². The maximum Gasteiger partial charge on any atom is 0.254 e. The van der Waals surface area contributed by atoms with Crippen LogP contribution in [0.2, 0.25) is 0 Å². The average Bonchev–Trinajstić information content (AvgIpc) is 2.91. The van der Waals surface area contributed by atoms with E-state index in [4.69, 9.17) is 5.73 Å². The highest BCUT2D eigenvalue weighted by Gasteiger charge is 2.26. The van der Waals surface area contributed by atoms with Crippen LogP contribution < -0.4 is 11.1 Å². The van der Waals surface area contributed by atoms with Crippen LogP contribution in [-0.4, -0.2) is 11.9 Å². The van der Waals surface area contributed by atoms with E-state index in [9.17, 15) is 4.79 Å². The minimum absolute atomic E-state index is 0.0110. The number of nitrogens with one attached hydrogen (secondary N) is 1. The fraction of sp³-hybridized carbons (Fsp3) is 0.583. The summed E-state index contributed by atoms with van der Waals surface area (Å²) >= 11 is 1.47. The lowest BCUT2D eigenvalue weighted by atomic mass is 10.0. The SMILES string of the molecule is CC(C)Cc1csc(N)c1C(=O)NC1CC1. The second-order valence-corrected chi connectivity index (χ2v) is 5.76. The number of nitrogen functional groups attached to an aromatic ring is 1. The van der Waals surface area contributed by atoms with Gasteiger partial charge in [0, 0.05) is 6.04 Å². The quantitative estimate of drug-likeness (QED) is 0.846. The molecule has 1 aromatic heterocycles. The number of amides is 1. The van der Waals surface area contributed by atoms with Crippen molar-refractivity contribution < 1.29 is 4.79 Å². The first kappa shape index (κ1) is 11.5. The lowest BCUT2D eigenvalue weighted by Gasteiger charge is -2.08. The second kappa shape index (κ2) is 4.45. The number of hydrogen-bond donors (Lipinski definition) is 2. The maximum atomic E-state index is 12.0. The number of carbonyl (C=O) groups excluding carboxylic acids is 1.